The molecule has 0 saturated carbocycles. The molecule has 2 heterocycles. The number of carbonyl (C=O) groups excluding carboxylic acids is 1. The van der Waals surface area contributed by atoms with E-state index < -0.39 is 18.1 Å². The molecule has 4 rings (SSSR count). The van der Waals surface area contributed by atoms with Gasteiger partial charge in [-0.05, 0) is 85.3 Å². The Kier molecular flexibility index (Phi) is 6.89. The Morgan fingerprint density at radius 2 is 1.83 bits per heavy atom. The number of aliphatic carboxylic acids is 1. The first-order chi connectivity index (χ1) is 16.6. The number of carboxylic acid groups (broad SMARTS) is 1. The van der Waals surface area contributed by atoms with Crippen LogP contribution in [-0.4, -0.2) is 51.1 Å². The van der Waals surface area contributed by atoms with Crippen LogP contribution in [-0.2, 0) is 29.0 Å². The highest BCUT2D eigenvalue weighted by molar-refractivity contribution is 5.87. The Bertz CT molecular complexity index is 1270. The number of carbonyl (C=O) groups is 2. The van der Waals surface area contributed by atoms with Crippen molar-refractivity contribution in [2.24, 2.45) is 0 Å². The zero-order chi connectivity index (χ0) is 25.3. The van der Waals surface area contributed by atoms with Crippen LogP contribution in [0.1, 0.15) is 33.5 Å². The fourth-order valence-corrected chi connectivity index (χ4v) is 4.65. The van der Waals surface area contributed by atoms with E-state index in [1.165, 1.54) is 0 Å². The van der Waals surface area contributed by atoms with Gasteiger partial charge in [-0.2, -0.15) is 0 Å². The van der Waals surface area contributed by atoms with Crippen molar-refractivity contribution in [3.05, 3.63) is 82.2 Å². The maximum atomic E-state index is 13.1. The summed E-state index contributed by atoms with van der Waals surface area (Å²) in [4.78, 5) is 31.3. The highest BCUT2D eigenvalue weighted by Crippen LogP contribution is 2.29. The third-order valence-corrected chi connectivity index (χ3v) is 6.96. The molecule has 2 atom stereocenters. The number of pyridine rings is 1. The van der Waals surface area contributed by atoms with E-state index in [0.717, 1.165) is 44.6 Å². The van der Waals surface area contributed by atoms with Gasteiger partial charge in [0.1, 0.15) is 11.8 Å². The molecule has 0 bridgehead atoms. The van der Waals surface area contributed by atoms with E-state index >= 15 is 0 Å². The van der Waals surface area contributed by atoms with Gasteiger partial charge in [0, 0.05) is 24.9 Å². The van der Waals surface area contributed by atoms with Gasteiger partial charge in [0.15, 0.2) is 0 Å². The number of nitrogens with zero attached hydrogens (tertiary/aromatic N) is 2. The van der Waals surface area contributed by atoms with Gasteiger partial charge in [0.25, 0.3) is 0 Å². The number of aromatic hydroxyl groups is 1. The number of aryl methyl sites for hydroxylation is 2. The predicted molar refractivity (Wildman–Crippen MR) is 134 cm³/mol. The number of hydrogen-bond acceptors (Lipinski definition) is 5. The van der Waals surface area contributed by atoms with Crippen molar-refractivity contribution in [1.29, 1.82) is 0 Å². The summed E-state index contributed by atoms with van der Waals surface area (Å²) in [5.41, 5.74) is 7.82. The van der Waals surface area contributed by atoms with E-state index in [2.05, 4.69) is 10.3 Å². The second-order valence-corrected chi connectivity index (χ2v) is 9.41. The molecule has 1 amide bonds. The number of amides is 1. The Morgan fingerprint density at radius 1 is 1.11 bits per heavy atom. The molecule has 35 heavy (non-hydrogen) atoms. The van der Waals surface area contributed by atoms with Crippen LogP contribution in [0.3, 0.4) is 0 Å². The highest BCUT2D eigenvalue weighted by atomic mass is 16.4. The molecule has 2 aromatic carbocycles. The molecule has 182 valence electrons. The quantitative estimate of drug-likeness (QED) is 0.506. The summed E-state index contributed by atoms with van der Waals surface area (Å²) in [6.45, 7) is 6.41. The summed E-state index contributed by atoms with van der Waals surface area (Å²) < 4.78 is 0. The van der Waals surface area contributed by atoms with Crippen LogP contribution in [0.15, 0.2) is 48.7 Å². The summed E-state index contributed by atoms with van der Waals surface area (Å²) in [6, 6.07) is 11.8. The molecular weight excluding hydrogens is 442 g/mol. The van der Waals surface area contributed by atoms with Crippen LogP contribution in [0.2, 0.25) is 0 Å². The Hall–Kier alpha value is -3.71. The summed E-state index contributed by atoms with van der Waals surface area (Å²) >= 11 is 0. The first-order valence-electron chi connectivity index (χ1n) is 11.7. The third-order valence-electron chi connectivity index (χ3n) is 6.96. The molecule has 1 aliphatic heterocycles. The van der Waals surface area contributed by atoms with Crippen LogP contribution in [0.4, 0.5) is 0 Å². The molecule has 1 aliphatic rings. The van der Waals surface area contributed by atoms with E-state index in [-0.39, 0.29) is 18.1 Å². The minimum Gasteiger partial charge on any atom is -0.508 e. The van der Waals surface area contributed by atoms with Gasteiger partial charge >= 0.3 is 5.97 Å². The zero-order valence-corrected chi connectivity index (χ0v) is 20.5. The van der Waals surface area contributed by atoms with Crippen molar-refractivity contribution in [2.45, 2.75) is 52.2 Å². The molecule has 0 spiro atoms. The lowest BCUT2D eigenvalue weighted by Gasteiger charge is -2.34. The van der Waals surface area contributed by atoms with Crippen LogP contribution in [0, 0.1) is 20.8 Å². The Balaban J connectivity index is 1.46. The predicted octanol–water partition coefficient (Wildman–Crippen LogP) is 3.55. The lowest BCUT2D eigenvalue weighted by molar-refractivity contribution is -0.142. The van der Waals surface area contributed by atoms with Crippen molar-refractivity contribution in [1.82, 2.24) is 15.2 Å². The minimum atomic E-state index is -1.07. The second-order valence-electron chi connectivity index (χ2n) is 9.41. The SMILES string of the molecule is Cc1cc2c(cc1O)CC(C(=O)NC(Cc1ccc(-c3ccnc(C)c3C)cc1)C(=O)O)N(C)C2. The van der Waals surface area contributed by atoms with Crippen LogP contribution in [0.25, 0.3) is 11.1 Å². The molecule has 1 aromatic heterocycles. The minimum absolute atomic E-state index is 0.183. The first kappa shape index (κ1) is 24.4. The number of hydrogen-bond donors (Lipinski definition) is 3. The normalized spacial score (nSPS) is 16.4. The van der Waals surface area contributed by atoms with Gasteiger partial charge in [-0.25, -0.2) is 4.79 Å². The highest BCUT2D eigenvalue weighted by Gasteiger charge is 2.32. The largest absolute Gasteiger partial charge is 0.508 e. The standard InChI is InChI=1S/C28H31N3O4/c1-16-11-22-15-31(4)25(13-21(22)14-26(16)32)27(33)30-24(28(34)35)12-19-5-7-20(8-6-19)23-9-10-29-18(3)17(23)2/h5-11,14,24-25,32H,12-13,15H2,1-4H3,(H,30,33)(H,34,35). The summed E-state index contributed by atoms with van der Waals surface area (Å²) in [7, 11) is 1.85. The number of nitrogens with one attached hydrogen (secondary N) is 1. The number of phenolic OH excluding ortho intramolecular Hbond substituents is 1. The molecule has 7 heteroatoms. The average Bonchev–Trinajstić information content (AvgIpc) is 2.81. The molecular formula is C28H31N3O4. The number of rotatable bonds is 6. The smallest absolute Gasteiger partial charge is 0.326 e. The maximum absolute atomic E-state index is 13.1. The molecule has 0 saturated heterocycles. The number of likely N-dealkylation sites (N-methyl/N-ethyl adjacent to an activating group) is 1. The fourth-order valence-electron chi connectivity index (χ4n) is 4.65. The van der Waals surface area contributed by atoms with Gasteiger partial charge in [0.05, 0.1) is 6.04 Å². The molecule has 7 nitrogen and oxygen atoms in total. The number of carboxylic acids is 1. The Morgan fingerprint density at radius 3 is 2.51 bits per heavy atom. The topological polar surface area (TPSA) is 103 Å². The van der Waals surface area contributed by atoms with Gasteiger partial charge in [0.2, 0.25) is 5.91 Å². The average molecular weight is 474 g/mol. The Labute approximate surface area is 205 Å². The molecule has 0 radical (unpaired) electrons. The van der Waals surface area contributed by atoms with Crippen LogP contribution >= 0.6 is 0 Å². The van der Waals surface area contributed by atoms with E-state index in [1.54, 1.807) is 12.3 Å². The molecule has 2 unspecified atom stereocenters. The van der Waals surface area contributed by atoms with Gasteiger partial charge in [-0.15, -0.1) is 0 Å². The number of aromatic nitrogens is 1. The van der Waals surface area contributed by atoms with Gasteiger partial charge in [-0.1, -0.05) is 30.3 Å². The third kappa shape index (κ3) is 5.20. The lowest BCUT2D eigenvalue weighted by atomic mass is 9.92. The van der Waals surface area contributed by atoms with E-state index in [4.69, 9.17) is 0 Å². The molecule has 3 aromatic rings. The monoisotopic (exact) mass is 473 g/mol. The molecule has 0 fully saturated rings. The lowest BCUT2D eigenvalue weighted by Crippen LogP contribution is -2.53. The van der Waals surface area contributed by atoms with Crippen molar-refractivity contribution < 1.29 is 19.8 Å². The van der Waals surface area contributed by atoms with Crippen LogP contribution in [0.5, 0.6) is 5.75 Å². The van der Waals surface area contributed by atoms with Crippen molar-refractivity contribution in [3.63, 3.8) is 0 Å². The van der Waals surface area contributed by atoms with Crippen molar-refractivity contribution >= 4 is 11.9 Å². The summed E-state index contributed by atoms with van der Waals surface area (Å²) in [5, 5.41) is 22.6. The van der Waals surface area contributed by atoms with Crippen molar-refractivity contribution in [2.75, 3.05) is 7.05 Å². The number of benzene rings is 2. The number of fused-ring (bicyclic) bond motifs is 1. The first-order valence-corrected chi connectivity index (χ1v) is 11.7. The maximum Gasteiger partial charge on any atom is 0.326 e. The zero-order valence-electron chi connectivity index (χ0n) is 20.5. The van der Waals surface area contributed by atoms with Crippen LogP contribution < -0.4 is 5.32 Å². The summed E-state index contributed by atoms with van der Waals surface area (Å²) in [6.07, 6.45) is 2.38. The second kappa shape index (κ2) is 9.88. The van der Waals surface area contributed by atoms with E-state index in [1.807, 2.05) is 69.1 Å². The van der Waals surface area contributed by atoms with Gasteiger partial charge in [-0.3, -0.25) is 14.7 Å². The molecule has 3 N–H and O–H groups in total. The fraction of sp³-hybridized carbons (Fsp3) is 0.321. The number of phenols is 1. The van der Waals surface area contributed by atoms with E-state index in [0.29, 0.717) is 13.0 Å². The van der Waals surface area contributed by atoms with Gasteiger partial charge < -0.3 is 15.5 Å². The summed E-state index contributed by atoms with van der Waals surface area (Å²) in [5.74, 6) is -1.20. The van der Waals surface area contributed by atoms with Crippen molar-refractivity contribution in [3.8, 4) is 16.9 Å². The molecule has 0 aliphatic carbocycles. The van der Waals surface area contributed by atoms with E-state index in [9.17, 15) is 19.8 Å².